The zero-order valence-electron chi connectivity index (χ0n) is 19.3. The van der Waals surface area contributed by atoms with Crippen LogP contribution < -0.4 is 10.6 Å². The standard InChI is InChI=1S/C27H34N2O3/c1-4-32-27(31)22-11-9-21(10-12-22)26(30)23(17-28-24-13-5-19(2)6-14-24)18-29-25-15-7-20(3)8-16-25/h5-7,9,11-16,20-21,23,28-29H,4,8,10,17-18H2,1-3H3. The lowest BCUT2D eigenvalue weighted by atomic mass is 9.86. The summed E-state index contributed by atoms with van der Waals surface area (Å²) < 4.78 is 5.06. The number of rotatable bonds is 10. The molecule has 0 heterocycles. The average Bonchev–Trinajstić information content (AvgIpc) is 2.81. The highest BCUT2D eigenvalue weighted by molar-refractivity contribution is 5.93. The number of allylic oxidation sites excluding steroid dienone is 5. The maximum Gasteiger partial charge on any atom is 0.337 e. The van der Waals surface area contributed by atoms with Gasteiger partial charge in [-0.15, -0.1) is 0 Å². The fourth-order valence-electron chi connectivity index (χ4n) is 3.79. The Morgan fingerprint density at radius 3 is 2.41 bits per heavy atom. The van der Waals surface area contributed by atoms with Gasteiger partial charge in [-0.2, -0.15) is 0 Å². The molecule has 170 valence electrons. The van der Waals surface area contributed by atoms with Crippen molar-refractivity contribution in [2.24, 2.45) is 17.8 Å². The fourth-order valence-corrected chi connectivity index (χ4v) is 3.79. The zero-order chi connectivity index (χ0) is 22.9. The number of esters is 1. The number of ketones is 1. The number of carbonyl (C=O) groups excluding carboxylic acids is 2. The van der Waals surface area contributed by atoms with E-state index in [2.05, 4.69) is 54.8 Å². The van der Waals surface area contributed by atoms with Gasteiger partial charge >= 0.3 is 5.97 Å². The Bertz CT molecular complexity index is 925. The molecule has 3 rings (SSSR count). The van der Waals surface area contributed by atoms with E-state index in [0.717, 1.165) is 17.8 Å². The molecule has 0 fully saturated rings. The van der Waals surface area contributed by atoms with Crippen LogP contribution in [0.4, 0.5) is 5.69 Å². The molecular formula is C27H34N2O3. The molecular weight excluding hydrogens is 400 g/mol. The number of benzene rings is 1. The number of hydrogen-bond donors (Lipinski definition) is 2. The molecule has 1 aromatic carbocycles. The Hall–Kier alpha value is -3.08. The van der Waals surface area contributed by atoms with Gasteiger partial charge in [0.05, 0.1) is 18.1 Å². The minimum atomic E-state index is -0.334. The molecule has 0 radical (unpaired) electrons. The molecule has 0 bridgehead atoms. The van der Waals surface area contributed by atoms with Crippen molar-refractivity contribution in [1.82, 2.24) is 5.32 Å². The number of Topliss-reactive ketones (excluding diaryl/α,β-unsaturated/α-hetero) is 1. The summed E-state index contributed by atoms with van der Waals surface area (Å²) in [6.45, 7) is 7.47. The normalized spacial score (nSPS) is 20.7. The fraction of sp³-hybridized carbons (Fsp3) is 0.407. The van der Waals surface area contributed by atoms with Gasteiger partial charge in [-0.25, -0.2) is 4.79 Å². The van der Waals surface area contributed by atoms with Gasteiger partial charge in [-0.1, -0.05) is 55.0 Å². The molecule has 3 unspecified atom stereocenters. The lowest BCUT2D eigenvalue weighted by molar-refractivity contribution is -0.138. The number of anilines is 1. The second-order valence-electron chi connectivity index (χ2n) is 8.54. The first-order valence-corrected chi connectivity index (χ1v) is 11.5. The average molecular weight is 435 g/mol. The Kier molecular flexibility index (Phi) is 8.48. The minimum Gasteiger partial charge on any atom is -0.462 e. The van der Waals surface area contributed by atoms with Crippen LogP contribution in [-0.4, -0.2) is 31.4 Å². The third-order valence-corrected chi connectivity index (χ3v) is 5.85. The molecule has 2 aliphatic rings. The summed E-state index contributed by atoms with van der Waals surface area (Å²) in [5.41, 5.74) is 3.80. The van der Waals surface area contributed by atoms with Crippen molar-refractivity contribution in [3.63, 3.8) is 0 Å². The molecule has 0 saturated carbocycles. The van der Waals surface area contributed by atoms with Gasteiger partial charge < -0.3 is 15.4 Å². The van der Waals surface area contributed by atoms with Crippen LogP contribution in [0.25, 0.3) is 0 Å². The van der Waals surface area contributed by atoms with Crippen LogP contribution >= 0.6 is 0 Å². The van der Waals surface area contributed by atoms with E-state index < -0.39 is 0 Å². The molecule has 0 aliphatic heterocycles. The van der Waals surface area contributed by atoms with Crippen LogP contribution in [0, 0.1) is 24.7 Å². The second-order valence-corrected chi connectivity index (χ2v) is 8.54. The van der Waals surface area contributed by atoms with E-state index in [1.54, 1.807) is 13.0 Å². The lowest BCUT2D eigenvalue weighted by Gasteiger charge is -2.24. The highest BCUT2D eigenvalue weighted by atomic mass is 16.5. The smallest absolute Gasteiger partial charge is 0.337 e. The van der Waals surface area contributed by atoms with Crippen molar-refractivity contribution in [2.45, 2.75) is 33.6 Å². The van der Waals surface area contributed by atoms with Crippen LogP contribution in [0.2, 0.25) is 0 Å². The molecule has 5 heteroatoms. The Balaban J connectivity index is 1.64. The quantitative estimate of drug-likeness (QED) is 0.521. The number of hydrogen-bond acceptors (Lipinski definition) is 5. The van der Waals surface area contributed by atoms with Crippen molar-refractivity contribution >= 4 is 17.4 Å². The predicted molar refractivity (Wildman–Crippen MR) is 129 cm³/mol. The van der Waals surface area contributed by atoms with E-state index in [1.807, 2.05) is 24.3 Å². The summed E-state index contributed by atoms with van der Waals surface area (Å²) in [7, 11) is 0. The molecule has 5 nitrogen and oxygen atoms in total. The van der Waals surface area contributed by atoms with Crippen LogP contribution in [0.3, 0.4) is 0 Å². The number of carbonyl (C=O) groups is 2. The largest absolute Gasteiger partial charge is 0.462 e. The molecule has 32 heavy (non-hydrogen) atoms. The number of ether oxygens (including phenoxy) is 1. The lowest BCUT2D eigenvalue weighted by Crippen LogP contribution is -2.36. The number of nitrogens with one attached hydrogen (secondary N) is 2. The van der Waals surface area contributed by atoms with Gasteiger partial charge in [0, 0.05) is 30.4 Å². The summed E-state index contributed by atoms with van der Waals surface area (Å²) in [4.78, 5) is 25.3. The SMILES string of the molecule is CCOC(=O)C1=CCC(C(=O)C(CNC2=CCC(C)C=C2)CNc2ccc(C)cc2)C=C1. The van der Waals surface area contributed by atoms with Crippen LogP contribution in [0.15, 0.2) is 72.0 Å². The Morgan fingerprint density at radius 1 is 1.03 bits per heavy atom. The van der Waals surface area contributed by atoms with E-state index in [1.165, 1.54) is 5.56 Å². The van der Waals surface area contributed by atoms with E-state index in [0.29, 0.717) is 37.6 Å². The minimum absolute atomic E-state index is 0.168. The van der Waals surface area contributed by atoms with Crippen LogP contribution in [0.1, 0.15) is 32.3 Å². The highest BCUT2D eigenvalue weighted by Crippen LogP contribution is 2.22. The van der Waals surface area contributed by atoms with Crippen molar-refractivity contribution in [3.05, 3.63) is 77.6 Å². The number of aryl methyl sites for hydroxylation is 1. The van der Waals surface area contributed by atoms with E-state index >= 15 is 0 Å². The van der Waals surface area contributed by atoms with E-state index in [9.17, 15) is 9.59 Å². The molecule has 0 spiro atoms. The summed E-state index contributed by atoms with van der Waals surface area (Å²) in [5, 5.41) is 6.87. The summed E-state index contributed by atoms with van der Waals surface area (Å²) in [6.07, 6.45) is 13.4. The Morgan fingerprint density at radius 2 is 1.78 bits per heavy atom. The molecule has 0 amide bonds. The maximum atomic E-state index is 13.4. The maximum absolute atomic E-state index is 13.4. The van der Waals surface area contributed by atoms with E-state index in [4.69, 9.17) is 4.74 Å². The van der Waals surface area contributed by atoms with Gasteiger partial charge in [0.2, 0.25) is 0 Å². The molecule has 2 N–H and O–H groups in total. The van der Waals surface area contributed by atoms with Gasteiger partial charge in [0.15, 0.2) is 0 Å². The third kappa shape index (κ3) is 6.71. The molecule has 0 aromatic heterocycles. The zero-order valence-corrected chi connectivity index (χ0v) is 19.3. The predicted octanol–water partition coefficient (Wildman–Crippen LogP) is 4.73. The van der Waals surface area contributed by atoms with Crippen molar-refractivity contribution in [2.75, 3.05) is 25.0 Å². The van der Waals surface area contributed by atoms with Crippen molar-refractivity contribution < 1.29 is 14.3 Å². The summed E-state index contributed by atoms with van der Waals surface area (Å²) in [6, 6.07) is 8.18. The van der Waals surface area contributed by atoms with Gasteiger partial charge in [-0.3, -0.25) is 4.79 Å². The highest BCUT2D eigenvalue weighted by Gasteiger charge is 2.27. The molecule has 0 saturated heterocycles. The van der Waals surface area contributed by atoms with E-state index in [-0.39, 0.29) is 23.6 Å². The Labute approximate surface area is 191 Å². The summed E-state index contributed by atoms with van der Waals surface area (Å²) in [5.74, 6) is -0.0674. The van der Waals surface area contributed by atoms with Crippen LogP contribution in [0.5, 0.6) is 0 Å². The van der Waals surface area contributed by atoms with Crippen molar-refractivity contribution in [3.8, 4) is 0 Å². The van der Waals surface area contributed by atoms with Gasteiger partial charge in [-0.05, 0) is 50.8 Å². The van der Waals surface area contributed by atoms with Crippen LogP contribution in [-0.2, 0) is 14.3 Å². The molecule has 2 aliphatic carbocycles. The molecule has 1 aromatic rings. The first-order chi connectivity index (χ1) is 15.5. The topological polar surface area (TPSA) is 67.4 Å². The first kappa shape index (κ1) is 23.6. The van der Waals surface area contributed by atoms with Gasteiger partial charge in [0.1, 0.15) is 5.78 Å². The van der Waals surface area contributed by atoms with Crippen molar-refractivity contribution in [1.29, 1.82) is 0 Å². The third-order valence-electron chi connectivity index (χ3n) is 5.85. The van der Waals surface area contributed by atoms with Gasteiger partial charge in [0.25, 0.3) is 0 Å². The monoisotopic (exact) mass is 434 g/mol. The molecule has 3 atom stereocenters. The second kappa shape index (κ2) is 11.5. The first-order valence-electron chi connectivity index (χ1n) is 11.5. The summed E-state index contributed by atoms with van der Waals surface area (Å²) >= 11 is 0.